The van der Waals surface area contributed by atoms with Gasteiger partial charge in [-0.25, -0.2) is 4.98 Å². The molecule has 1 aliphatic heterocycles. The number of nitrogens with two attached hydrogens (primary N) is 1. The number of aromatic nitrogens is 2. The Morgan fingerprint density at radius 1 is 1.08 bits per heavy atom. The average Bonchev–Trinajstić information content (AvgIpc) is 2.98. The molecule has 5 nitrogen and oxygen atoms in total. The van der Waals surface area contributed by atoms with Crippen molar-refractivity contribution in [2.75, 3.05) is 39.0 Å². The van der Waals surface area contributed by atoms with E-state index in [9.17, 15) is 0 Å². The first-order chi connectivity index (χ1) is 11.7. The van der Waals surface area contributed by atoms with Gasteiger partial charge < -0.3 is 15.6 Å². The van der Waals surface area contributed by atoms with Crippen LogP contribution in [-0.4, -0.2) is 53.0 Å². The fraction of sp³-hybridized carbons (Fsp3) is 0.316. The van der Waals surface area contributed by atoms with Crippen LogP contribution in [0.1, 0.15) is 5.56 Å². The van der Waals surface area contributed by atoms with E-state index in [1.54, 1.807) is 6.20 Å². The van der Waals surface area contributed by atoms with Gasteiger partial charge in [-0.2, -0.15) is 0 Å². The summed E-state index contributed by atoms with van der Waals surface area (Å²) in [5.74, 6) is 0. The lowest BCUT2D eigenvalue weighted by atomic mass is 10.0. The molecule has 24 heavy (non-hydrogen) atoms. The third kappa shape index (κ3) is 3.00. The Balaban J connectivity index is 1.51. The molecule has 1 fully saturated rings. The van der Waals surface area contributed by atoms with Crippen LogP contribution in [0.15, 0.2) is 42.7 Å². The molecule has 1 aromatic carbocycles. The minimum atomic E-state index is 0.742. The van der Waals surface area contributed by atoms with E-state index in [2.05, 4.69) is 57.1 Å². The molecule has 0 spiro atoms. The molecule has 0 aliphatic carbocycles. The second-order valence-corrected chi connectivity index (χ2v) is 6.64. The summed E-state index contributed by atoms with van der Waals surface area (Å²) in [6, 6.07) is 10.9. The van der Waals surface area contributed by atoms with Crippen LogP contribution in [0.5, 0.6) is 0 Å². The predicted molar refractivity (Wildman–Crippen MR) is 98.7 cm³/mol. The molecular formula is C19H23N5. The number of anilines is 1. The van der Waals surface area contributed by atoms with Gasteiger partial charge in [0.05, 0.1) is 5.69 Å². The number of fused-ring (bicyclic) bond motifs is 1. The van der Waals surface area contributed by atoms with Crippen molar-refractivity contribution in [3.8, 4) is 11.1 Å². The number of likely N-dealkylation sites (N-methyl/N-ethyl adjacent to an activating group) is 1. The van der Waals surface area contributed by atoms with Crippen molar-refractivity contribution >= 4 is 16.7 Å². The van der Waals surface area contributed by atoms with E-state index in [0.717, 1.165) is 55.0 Å². The van der Waals surface area contributed by atoms with Crippen molar-refractivity contribution in [3.05, 3.63) is 48.3 Å². The van der Waals surface area contributed by atoms with Gasteiger partial charge >= 0.3 is 0 Å². The van der Waals surface area contributed by atoms with Gasteiger partial charge in [-0.05, 0) is 24.2 Å². The molecule has 1 aliphatic rings. The number of H-pyrrole nitrogens is 1. The highest BCUT2D eigenvalue weighted by molar-refractivity contribution is 5.91. The first-order valence-corrected chi connectivity index (χ1v) is 8.42. The zero-order valence-corrected chi connectivity index (χ0v) is 14.0. The Morgan fingerprint density at radius 2 is 1.83 bits per heavy atom. The van der Waals surface area contributed by atoms with Crippen LogP contribution in [0.4, 0.5) is 5.69 Å². The second kappa shape index (κ2) is 6.26. The van der Waals surface area contributed by atoms with Crippen LogP contribution >= 0.6 is 0 Å². The smallest absolute Gasteiger partial charge is 0.139 e. The summed E-state index contributed by atoms with van der Waals surface area (Å²) in [5, 5.41) is 0.981. The summed E-state index contributed by atoms with van der Waals surface area (Å²) in [4.78, 5) is 12.4. The molecule has 0 amide bonds. The lowest BCUT2D eigenvalue weighted by Crippen LogP contribution is -2.43. The summed E-state index contributed by atoms with van der Waals surface area (Å²) in [6.45, 7) is 5.62. The Bertz CT molecular complexity index is 829. The molecule has 4 rings (SSSR count). The minimum Gasteiger partial charge on any atom is -0.397 e. The van der Waals surface area contributed by atoms with Gasteiger partial charge in [-0.15, -0.1) is 0 Å². The Kier molecular flexibility index (Phi) is 3.96. The maximum atomic E-state index is 5.98. The van der Waals surface area contributed by atoms with Gasteiger partial charge in [0.15, 0.2) is 0 Å². The van der Waals surface area contributed by atoms with Gasteiger partial charge in [0, 0.05) is 56.1 Å². The fourth-order valence-electron chi connectivity index (χ4n) is 3.25. The topological polar surface area (TPSA) is 61.2 Å². The standard InChI is InChI=1S/C19H23N5/c1-23-6-8-24(9-7-23)13-14-2-4-15(5-3-14)16-10-17-18(20)12-22-19(17)21-11-16/h2-5,10-12H,6-9,13,20H2,1H3,(H,21,22). The maximum Gasteiger partial charge on any atom is 0.139 e. The number of aromatic amines is 1. The number of piperazine rings is 1. The van der Waals surface area contributed by atoms with Crippen LogP contribution in [0, 0.1) is 0 Å². The molecular weight excluding hydrogens is 298 g/mol. The lowest BCUT2D eigenvalue weighted by molar-refractivity contribution is 0.148. The first kappa shape index (κ1) is 15.2. The Morgan fingerprint density at radius 3 is 2.58 bits per heavy atom. The number of nitrogens with one attached hydrogen (secondary N) is 1. The van der Waals surface area contributed by atoms with Crippen molar-refractivity contribution < 1.29 is 0 Å². The first-order valence-electron chi connectivity index (χ1n) is 8.42. The third-order valence-corrected chi connectivity index (χ3v) is 4.85. The number of nitrogen functional groups attached to an aromatic ring is 1. The van der Waals surface area contributed by atoms with E-state index in [4.69, 9.17) is 5.73 Å². The lowest BCUT2D eigenvalue weighted by Gasteiger charge is -2.32. The fourth-order valence-corrected chi connectivity index (χ4v) is 3.25. The normalized spacial score (nSPS) is 16.7. The van der Waals surface area contributed by atoms with Gasteiger partial charge in [-0.3, -0.25) is 4.90 Å². The molecule has 1 saturated heterocycles. The third-order valence-electron chi connectivity index (χ3n) is 4.85. The molecule has 2 aromatic heterocycles. The summed E-state index contributed by atoms with van der Waals surface area (Å²) in [5.41, 5.74) is 11.2. The van der Waals surface area contributed by atoms with Gasteiger partial charge in [0.1, 0.15) is 5.65 Å². The molecule has 0 saturated carbocycles. The molecule has 3 heterocycles. The number of hydrogen-bond donors (Lipinski definition) is 2. The van der Waals surface area contributed by atoms with E-state index in [1.165, 1.54) is 11.1 Å². The second-order valence-electron chi connectivity index (χ2n) is 6.64. The van der Waals surface area contributed by atoms with Crippen molar-refractivity contribution in [1.29, 1.82) is 0 Å². The number of hydrogen-bond acceptors (Lipinski definition) is 4. The van der Waals surface area contributed by atoms with Crippen LogP contribution in [0.25, 0.3) is 22.2 Å². The van der Waals surface area contributed by atoms with Crippen molar-refractivity contribution in [3.63, 3.8) is 0 Å². The zero-order valence-electron chi connectivity index (χ0n) is 14.0. The highest BCUT2D eigenvalue weighted by atomic mass is 15.2. The zero-order chi connectivity index (χ0) is 16.5. The van der Waals surface area contributed by atoms with Crippen molar-refractivity contribution in [2.24, 2.45) is 0 Å². The quantitative estimate of drug-likeness (QED) is 0.778. The summed E-state index contributed by atoms with van der Waals surface area (Å²) in [7, 11) is 2.19. The summed E-state index contributed by atoms with van der Waals surface area (Å²) < 4.78 is 0. The monoisotopic (exact) mass is 321 g/mol. The maximum absolute atomic E-state index is 5.98. The number of nitrogens with zero attached hydrogens (tertiary/aromatic N) is 3. The minimum absolute atomic E-state index is 0.742. The number of pyridine rings is 1. The average molecular weight is 321 g/mol. The highest BCUT2D eigenvalue weighted by Gasteiger charge is 2.13. The summed E-state index contributed by atoms with van der Waals surface area (Å²) >= 11 is 0. The van der Waals surface area contributed by atoms with Crippen molar-refractivity contribution in [2.45, 2.75) is 6.54 Å². The van der Waals surface area contributed by atoms with Crippen LogP contribution in [-0.2, 0) is 6.54 Å². The summed E-state index contributed by atoms with van der Waals surface area (Å²) in [6.07, 6.45) is 3.69. The van der Waals surface area contributed by atoms with Crippen LogP contribution in [0.2, 0.25) is 0 Å². The van der Waals surface area contributed by atoms with Gasteiger partial charge in [0.25, 0.3) is 0 Å². The van der Waals surface area contributed by atoms with E-state index in [0.29, 0.717) is 0 Å². The largest absolute Gasteiger partial charge is 0.397 e. The van der Waals surface area contributed by atoms with E-state index >= 15 is 0 Å². The van der Waals surface area contributed by atoms with Gasteiger partial charge in [-0.1, -0.05) is 24.3 Å². The highest BCUT2D eigenvalue weighted by Crippen LogP contribution is 2.26. The molecule has 0 bridgehead atoms. The van der Waals surface area contributed by atoms with E-state index < -0.39 is 0 Å². The SMILES string of the molecule is CN1CCN(Cc2ccc(-c3cnc4[nH]cc(N)c4c3)cc2)CC1. The molecule has 3 aromatic rings. The predicted octanol–water partition coefficient (Wildman–Crippen LogP) is 2.56. The molecule has 5 heteroatoms. The Labute approximate surface area is 142 Å². The molecule has 124 valence electrons. The van der Waals surface area contributed by atoms with Gasteiger partial charge in [0.2, 0.25) is 0 Å². The molecule has 3 N–H and O–H groups in total. The van der Waals surface area contributed by atoms with E-state index in [-0.39, 0.29) is 0 Å². The van der Waals surface area contributed by atoms with Crippen LogP contribution < -0.4 is 5.73 Å². The molecule has 0 atom stereocenters. The number of benzene rings is 1. The molecule has 0 radical (unpaired) electrons. The van der Waals surface area contributed by atoms with Crippen molar-refractivity contribution in [1.82, 2.24) is 19.8 Å². The van der Waals surface area contributed by atoms with Crippen LogP contribution in [0.3, 0.4) is 0 Å². The Hall–Kier alpha value is -2.37. The number of rotatable bonds is 3. The van der Waals surface area contributed by atoms with E-state index in [1.807, 2.05) is 6.20 Å². The molecule has 0 unspecified atom stereocenters.